The largest absolute Gasteiger partial charge is 0.395 e. The van der Waals surface area contributed by atoms with Gasteiger partial charge in [-0.15, -0.1) is 0 Å². The van der Waals surface area contributed by atoms with Crippen molar-refractivity contribution < 1.29 is 92.6 Å². The zero-order chi connectivity index (χ0) is 95.7. The molecular weight excluding hydrogens is 1660 g/mol. The summed E-state index contributed by atoms with van der Waals surface area (Å²) in [6.45, 7) is 29.8. The van der Waals surface area contributed by atoms with E-state index in [2.05, 4.69) is 78.1 Å². The molecule has 3 saturated heterocycles. The lowest BCUT2D eigenvalue weighted by Crippen LogP contribution is -2.39. The summed E-state index contributed by atoms with van der Waals surface area (Å²) < 4.78 is 74.7. The molecule has 38 nitrogen and oxygen atoms in total. The third-order valence-corrected chi connectivity index (χ3v) is 20.1. The number of benzene rings is 2. The Morgan fingerprint density at radius 2 is 0.967 bits per heavy atom. The van der Waals surface area contributed by atoms with Gasteiger partial charge in [0.05, 0.1) is 36.2 Å². The minimum Gasteiger partial charge on any atom is -0.395 e. The fraction of sp³-hybridized carbons (Fsp3) is 0.637. The van der Waals surface area contributed by atoms with Gasteiger partial charge in [0.1, 0.15) is 0 Å². The molecule has 0 radical (unpaired) electrons. The van der Waals surface area contributed by atoms with E-state index in [1.54, 1.807) is 137 Å². The number of morpholine rings is 1. The van der Waals surface area contributed by atoms with Gasteiger partial charge in [-0.25, -0.2) is 49.0 Å². The molecule has 706 valence electrons. The molecule has 3 aromatic rings. The summed E-state index contributed by atoms with van der Waals surface area (Å²) in [5.74, 6) is 3.91. The Hall–Kier alpha value is -9.17. The molecule has 122 heavy (non-hydrogen) atoms. The first-order chi connectivity index (χ1) is 57.1. The highest BCUT2D eigenvalue weighted by molar-refractivity contribution is 7.99. The normalized spacial score (nSPS) is 12.6. The smallest absolute Gasteiger partial charge is 0.314 e. The van der Waals surface area contributed by atoms with E-state index >= 15 is 0 Å². The van der Waals surface area contributed by atoms with Crippen LogP contribution < -0.4 is 73.1 Å². The Morgan fingerprint density at radius 1 is 0.533 bits per heavy atom. The highest BCUT2D eigenvalue weighted by Gasteiger charge is 2.20. The Labute approximate surface area is 733 Å². The predicted octanol–water partition coefficient (Wildman–Crippen LogP) is 4.10. The summed E-state index contributed by atoms with van der Waals surface area (Å²) >= 11 is 1.92. The van der Waals surface area contributed by atoms with Crippen LogP contribution in [-0.2, 0) is 89.3 Å². The number of carbonyl (C=O) groups is 12. The number of likely N-dealkylation sites (tertiary alicyclic amines) is 1. The first kappa shape index (κ1) is 128. The van der Waals surface area contributed by atoms with Gasteiger partial charge in [0.25, 0.3) is 0 Å². The number of aliphatic hydroxyl groups excluding tert-OH is 1. The maximum absolute atomic E-state index is 11.1. The minimum absolute atomic E-state index is 0.00820. The van der Waals surface area contributed by atoms with Gasteiger partial charge in [0.15, 0.2) is 0 Å². The van der Waals surface area contributed by atoms with Crippen LogP contribution in [0.3, 0.4) is 0 Å². The number of aromatic nitrogens is 1. The van der Waals surface area contributed by atoms with Gasteiger partial charge in [-0.3, -0.25) is 52.9 Å². The van der Waals surface area contributed by atoms with E-state index in [1.807, 2.05) is 86.5 Å². The molecule has 0 unspecified atom stereocenters. The molecular formula is C80H152N18O20S4. The van der Waals surface area contributed by atoms with Crippen LogP contribution in [0, 0.1) is 17.8 Å². The van der Waals surface area contributed by atoms with E-state index in [1.165, 1.54) is 81.1 Å². The van der Waals surface area contributed by atoms with Crippen molar-refractivity contribution in [3.63, 3.8) is 0 Å². The third kappa shape index (κ3) is 91.6. The van der Waals surface area contributed by atoms with E-state index in [0.29, 0.717) is 55.9 Å². The van der Waals surface area contributed by atoms with Crippen molar-refractivity contribution in [1.82, 2.24) is 81.7 Å². The topological polar surface area (TPSA) is 542 Å². The van der Waals surface area contributed by atoms with Crippen LogP contribution in [0.5, 0.6) is 0 Å². The fourth-order valence-electron chi connectivity index (χ4n) is 8.27. The number of amides is 14. The Balaban J connectivity index is -0.000000191. The zero-order valence-electron chi connectivity index (χ0n) is 76.9. The van der Waals surface area contributed by atoms with E-state index in [9.17, 15) is 82.8 Å². The molecule has 4 aliphatic rings. The number of anilines is 1. The van der Waals surface area contributed by atoms with E-state index in [-0.39, 0.29) is 88.9 Å². The number of hydrogen-bond donors (Lipinski definition) is 15. The van der Waals surface area contributed by atoms with Gasteiger partial charge in [-0.2, -0.15) is 11.8 Å². The number of nitrogens with one attached hydrogen (secondary N) is 13. The minimum atomic E-state index is -3.25. The van der Waals surface area contributed by atoms with Gasteiger partial charge >= 0.3 is 12.1 Å². The maximum Gasteiger partial charge on any atom is 0.314 e. The molecule has 2 aromatic carbocycles. The maximum atomic E-state index is 11.1. The molecule has 4 heterocycles. The highest BCUT2D eigenvalue weighted by atomic mass is 32.2. The first-order valence-corrected chi connectivity index (χ1v) is 45.9. The summed E-state index contributed by atoms with van der Waals surface area (Å²) in [5.41, 5.74) is 6.38. The highest BCUT2D eigenvalue weighted by Crippen LogP contribution is 2.23. The molecule has 0 atom stereocenters. The monoisotopic (exact) mass is 1810 g/mol. The average molecular weight is 1810 g/mol. The van der Waals surface area contributed by atoms with Crippen LogP contribution >= 0.6 is 11.8 Å². The van der Waals surface area contributed by atoms with Crippen LogP contribution in [0.4, 0.5) is 15.3 Å². The molecule has 14 amide bonds. The number of aliphatic hydroxyl groups is 1. The van der Waals surface area contributed by atoms with Crippen LogP contribution in [0.2, 0.25) is 0 Å². The van der Waals surface area contributed by atoms with Crippen molar-refractivity contribution in [2.75, 3.05) is 159 Å². The molecule has 16 N–H and O–H groups in total. The molecule has 42 heteroatoms. The number of nitrogens with zero attached hydrogens (tertiary/aromatic N) is 4. The number of hydrogen-bond acceptors (Lipinski definition) is 22. The Bertz CT molecular complexity index is 3540. The van der Waals surface area contributed by atoms with Gasteiger partial charge in [0.2, 0.25) is 89.1 Å². The summed E-state index contributed by atoms with van der Waals surface area (Å²) in [5, 5.41) is 32.9. The van der Waals surface area contributed by atoms with Crippen LogP contribution in [-0.4, -0.2) is 280 Å². The number of rotatable bonds is 16. The quantitative estimate of drug-likeness (QED) is 0.0959. The average Bonchev–Trinajstić information content (AvgIpc) is 1.06. The number of carbonyl (C=O) groups excluding carboxylic acids is 12. The standard InChI is InChI=1S/C9H11NO.C8H15NO.C7H8N2O.C7H9NO2S.C6H11NO2.C6H11NOS.C6H11NO.C6H13NO.2C5H11NO.C4H10N2O2.C4H11NO2S.C3H8N2O.C2H7NO2S.C2H5NO/c1-8(11)10-7-9-5-3-2-4-6-9;1-9-8(10)7-5-3-2-4-6-7;1-6(10)9-7-2-4-8-5-3-7;1-8-11(9,10)7-5-3-2-4-6-7;2*1-6(8)7-2-4-9-5-3-7;1-6(8)7-4-2-3-5-7;1-5(2)4-6(8)7-3;1-4(2)5(7)6-3;1-3-4-5(7)6-2;1-5-4(8)6-2-3-7;1-4(2)8(6,7)5-3;1-4-3(6)5-2;1-3-6(2,4)5;1-2(3)4/h2-6H,7H2,1H3,(H,10,11);7H,2-6H2,1H3,(H,9,10);2-5H,1H3,(H,8,9,10);2-6,8H,1H3;2*2-5H2,1H3;2-5H2,1H3;5H,4H2,1-3H3,(H,7,8);4H,1-3H3,(H,6,7);3-4H2,1-2H3,(H,6,7);7H,2-3H2,1H3,(H2,5,6,8);4-5H,1-3H3;1-2H3,(H2,4,5,6);3H,1-2H3;1H3,(H2,3,4). The van der Waals surface area contributed by atoms with E-state index < -0.39 is 30.1 Å². The van der Waals surface area contributed by atoms with Crippen molar-refractivity contribution in [3.8, 4) is 0 Å². The van der Waals surface area contributed by atoms with Gasteiger partial charge < -0.3 is 83.4 Å². The number of pyridine rings is 1. The second-order valence-corrected chi connectivity index (χ2v) is 34.1. The van der Waals surface area contributed by atoms with Crippen molar-refractivity contribution >= 4 is 119 Å². The van der Waals surface area contributed by atoms with E-state index in [0.717, 1.165) is 87.5 Å². The Kier molecular flexibility index (Phi) is 88.5. The van der Waals surface area contributed by atoms with Crippen LogP contribution in [0.1, 0.15) is 160 Å². The molecule has 4 fully saturated rings. The second kappa shape index (κ2) is 84.1. The molecule has 1 saturated carbocycles. The molecule has 3 aliphatic heterocycles. The van der Waals surface area contributed by atoms with Crippen molar-refractivity contribution in [2.45, 2.75) is 171 Å². The summed E-state index contributed by atoms with van der Waals surface area (Å²) in [4.78, 5) is 134. The number of ether oxygens (including phenoxy) is 1. The van der Waals surface area contributed by atoms with Crippen LogP contribution in [0.25, 0.3) is 0 Å². The van der Waals surface area contributed by atoms with Crippen LogP contribution in [0.15, 0.2) is 90.1 Å². The predicted molar refractivity (Wildman–Crippen MR) is 486 cm³/mol. The second-order valence-electron chi connectivity index (χ2n) is 26.6. The van der Waals surface area contributed by atoms with Crippen molar-refractivity contribution in [2.24, 2.45) is 23.5 Å². The van der Waals surface area contributed by atoms with Gasteiger partial charge in [-0.05, 0) is 103 Å². The lowest BCUT2D eigenvalue weighted by atomic mass is 9.89. The lowest BCUT2D eigenvalue weighted by molar-refractivity contribution is -0.133. The summed E-state index contributed by atoms with van der Waals surface area (Å²) in [7, 11) is 6.35. The molecule has 7 rings (SSSR count). The third-order valence-electron chi connectivity index (χ3n) is 15.1. The van der Waals surface area contributed by atoms with Crippen molar-refractivity contribution in [3.05, 3.63) is 90.8 Å². The summed E-state index contributed by atoms with van der Waals surface area (Å²) in [6, 6.07) is 21.1. The lowest BCUT2D eigenvalue weighted by Gasteiger charge is -2.25. The fourth-order valence-corrected chi connectivity index (χ4v) is 10.4. The zero-order valence-corrected chi connectivity index (χ0v) is 80.1. The molecule has 0 bridgehead atoms. The number of urea groups is 2. The van der Waals surface area contributed by atoms with Gasteiger partial charge in [0, 0.05) is 197 Å². The van der Waals surface area contributed by atoms with Gasteiger partial charge in [-0.1, -0.05) is 102 Å². The number of nitrogens with two attached hydrogens (primary N) is 1. The van der Waals surface area contributed by atoms with Crippen molar-refractivity contribution in [1.29, 1.82) is 0 Å². The molecule has 1 aliphatic carbocycles. The number of thioether (sulfide) groups is 1. The Morgan fingerprint density at radius 3 is 1.24 bits per heavy atom. The molecule has 1 aromatic heterocycles. The molecule has 0 spiro atoms. The van der Waals surface area contributed by atoms with E-state index in [4.69, 9.17) is 9.84 Å². The first-order valence-electron chi connectivity index (χ1n) is 39.8. The summed E-state index contributed by atoms with van der Waals surface area (Å²) in [6.07, 6.45) is 14.9. The number of primary amides is 1. The SMILES string of the molecule is CC(=O)N1CCCC1.CC(=O)N1CCOCC1.CC(=O)N1CCSCC1.CC(=O)NCc1ccccc1.CC(=O)Nc1ccncc1.CC(N)=O.CCCC(=O)NC.CNC(=O)C(C)C.CNC(=O)C1CCCCC1.CNC(=O)CC(C)C.CNC(=O)NC.CNC(=O)NCCO.CNS(=O)(=O)C(C)C.CNS(=O)(=O)c1ccccc1.CNS(C)(=O)=O. The number of sulfonamides is 3.